The highest BCUT2D eigenvalue weighted by atomic mass is 35.5. The first kappa shape index (κ1) is 20.3. The first-order chi connectivity index (χ1) is 11.1. The van der Waals surface area contributed by atoms with Gasteiger partial charge < -0.3 is 14.8 Å². The molecule has 2 rings (SSSR count). The van der Waals surface area contributed by atoms with E-state index in [-0.39, 0.29) is 12.4 Å². The number of nitrogens with one attached hydrogen (secondary N) is 1. The van der Waals surface area contributed by atoms with E-state index in [1.54, 1.807) is 14.2 Å². The SMILES string of the molecule is COc1ccc(CCNCc2cnn(C(C)C)c2C)cc1OC.Cl. The van der Waals surface area contributed by atoms with E-state index in [1.165, 1.54) is 16.8 Å². The summed E-state index contributed by atoms with van der Waals surface area (Å²) in [5.41, 5.74) is 3.72. The number of hydrogen-bond acceptors (Lipinski definition) is 4. The molecule has 1 N–H and O–H groups in total. The Bertz CT molecular complexity index is 641. The van der Waals surface area contributed by atoms with Crippen molar-refractivity contribution in [2.24, 2.45) is 0 Å². The third-order valence-corrected chi connectivity index (χ3v) is 3.99. The van der Waals surface area contributed by atoms with Gasteiger partial charge in [0.15, 0.2) is 11.5 Å². The van der Waals surface area contributed by atoms with Crippen molar-refractivity contribution >= 4 is 12.4 Å². The van der Waals surface area contributed by atoms with Crippen LogP contribution >= 0.6 is 12.4 Å². The molecular weight excluding hydrogens is 326 g/mol. The van der Waals surface area contributed by atoms with E-state index in [4.69, 9.17) is 9.47 Å². The van der Waals surface area contributed by atoms with Gasteiger partial charge in [0, 0.05) is 23.8 Å². The summed E-state index contributed by atoms with van der Waals surface area (Å²) >= 11 is 0. The minimum atomic E-state index is 0. The number of aromatic nitrogens is 2. The molecule has 2 aromatic rings. The van der Waals surface area contributed by atoms with Gasteiger partial charge in [0.25, 0.3) is 0 Å². The first-order valence-corrected chi connectivity index (χ1v) is 8.01. The lowest BCUT2D eigenvalue weighted by atomic mass is 10.1. The highest BCUT2D eigenvalue weighted by Crippen LogP contribution is 2.27. The molecule has 0 aliphatic rings. The van der Waals surface area contributed by atoms with E-state index in [1.807, 2.05) is 18.3 Å². The minimum Gasteiger partial charge on any atom is -0.493 e. The zero-order valence-electron chi connectivity index (χ0n) is 15.1. The van der Waals surface area contributed by atoms with E-state index in [9.17, 15) is 0 Å². The van der Waals surface area contributed by atoms with Crippen LogP contribution in [0.2, 0.25) is 0 Å². The lowest BCUT2D eigenvalue weighted by molar-refractivity contribution is 0.354. The van der Waals surface area contributed by atoms with Gasteiger partial charge in [0.05, 0.1) is 20.4 Å². The fraction of sp³-hybridized carbons (Fsp3) is 0.500. The zero-order chi connectivity index (χ0) is 16.8. The van der Waals surface area contributed by atoms with Gasteiger partial charge in [-0.05, 0) is 51.4 Å². The molecule has 0 atom stereocenters. The molecule has 0 amide bonds. The molecule has 0 aliphatic carbocycles. The summed E-state index contributed by atoms with van der Waals surface area (Å²) < 4.78 is 12.7. The molecule has 0 saturated carbocycles. The summed E-state index contributed by atoms with van der Waals surface area (Å²) in [6, 6.07) is 6.45. The van der Waals surface area contributed by atoms with Gasteiger partial charge in [0.1, 0.15) is 0 Å². The monoisotopic (exact) mass is 353 g/mol. The summed E-state index contributed by atoms with van der Waals surface area (Å²) in [4.78, 5) is 0. The Morgan fingerprint density at radius 3 is 2.46 bits per heavy atom. The second kappa shape index (κ2) is 9.55. The molecule has 0 unspecified atom stereocenters. The number of methoxy groups -OCH3 is 2. The predicted octanol–water partition coefficient (Wildman–Crippen LogP) is 3.54. The van der Waals surface area contributed by atoms with E-state index in [0.29, 0.717) is 6.04 Å². The second-order valence-corrected chi connectivity index (χ2v) is 5.91. The smallest absolute Gasteiger partial charge is 0.160 e. The topological polar surface area (TPSA) is 48.3 Å². The van der Waals surface area contributed by atoms with E-state index in [2.05, 4.69) is 41.9 Å². The maximum Gasteiger partial charge on any atom is 0.160 e. The summed E-state index contributed by atoms with van der Waals surface area (Å²) in [5, 5.41) is 7.92. The molecular formula is C18H28ClN3O2. The fourth-order valence-corrected chi connectivity index (χ4v) is 2.65. The van der Waals surface area contributed by atoms with Crippen LogP contribution in [0.1, 0.15) is 36.7 Å². The van der Waals surface area contributed by atoms with E-state index < -0.39 is 0 Å². The van der Waals surface area contributed by atoms with Gasteiger partial charge in [-0.2, -0.15) is 5.10 Å². The number of hydrogen-bond donors (Lipinski definition) is 1. The highest BCUT2D eigenvalue weighted by Gasteiger charge is 2.08. The molecule has 0 saturated heterocycles. The van der Waals surface area contributed by atoms with Crippen LogP contribution in [-0.2, 0) is 13.0 Å². The molecule has 24 heavy (non-hydrogen) atoms. The lowest BCUT2D eigenvalue weighted by Crippen LogP contribution is -2.17. The van der Waals surface area contributed by atoms with Crippen molar-refractivity contribution in [2.75, 3.05) is 20.8 Å². The average molecular weight is 354 g/mol. The van der Waals surface area contributed by atoms with Gasteiger partial charge in [-0.1, -0.05) is 6.07 Å². The van der Waals surface area contributed by atoms with Crippen molar-refractivity contribution in [2.45, 2.75) is 39.8 Å². The van der Waals surface area contributed by atoms with Crippen LogP contribution in [0.15, 0.2) is 24.4 Å². The Labute approximate surface area is 150 Å². The van der Waals surface area contributed by atoms with Crippen LogP contribution in [0.25, 0.3) is 0 Å². The molecule has 6 heteroatoms. The van der Waals surface area contributed by atoms with Gasteiger partial charge in [-0.25, -0.2) is 0 Å². The van der Waals surface area contributed by atoms with Gasteiger partial charge in [-0.3, -0.25) is 4.68 Å². The predicted molar refractivity (Wildman–Crippen MR) is 99.6 cm³/mol. The minimum absolute atomic E-state index is 0. The molecule has 0 fully saturated rings. The van der Waals surface area contributed by atoms with Crippen molar-refractivity contribution in [3.63, 3.8) is 0 Å². The Morgan fingerprint density at radius 2 is 1.88 bits per heavy atom. The molecule has 5 nitrogen and oxygen atoms in total. The van der Waals surface area contributed by atoms with Crippen molar-refractivity contribution in [1.82, 2.24) is 15.1 Å². The number of rotatable bonds is 8. The second-order valence-electron chi connectivity index (χ2n) is 5.91. The largest absolute Gasteiger partial charge is 0.493 e. The quantitative estimate of drug-likeness (QED) is 0.737. The summed E-state index contributed by atoms with van der Waals surface area (Å²) in [6.45, 7) is 8.16. The molecule has 1 aromatic heterocycles. The standard InChI is InChI=1S/C18H27N3O2.ClH/c1-13(2)21-14(3)16(12-20-21)11-19-9-8-15-6-7-17(22-4)18(10-15)23-5;/h6-7,10,12-13,19H,8-9,11H2,1-5H3;1H. The fourth-order valence-electron chi connectivity index (χ4n) is 2.65. The van der Waals surface area contributed by atoms with Gasteiger partial charge >= 0.3 is 0 Å². The molecule has 0 spiro atoms. The van der Waals surface area contributed by atoms with Crippen LogP contribution in [0.3, 0.4) is 0 Å². The zero-order valence-corrected chi connectivity index (χ0v) is 15.9. The molecule has 1 heterocycles. The maximum atomic E-state index is 5.34. The number of halogens is 1. The number of benzene rings is 1. The van der Waals surface area contributed by atoms with E-state index >= 15 is 0 Å². The molecule has 0 radical (unpaired) electrons. The first-order valence-electron chi connectivity index (χ1n) is 8.01. The van der Waals surface area contributed by atoms with Crippen molar-refractivity contribution in [3.8, 4) is 11.5 Å². The third-order valence-electron chi connectivity index (χ3n) is 3.99. The van der Waals surface area contributed by atoms with Crippen molar-refractivity contribution < 1.29 is 9.47 Å². The van der Waals surface area contributed by atoms with Crippen molar-refractivity contribution in [1.29, 1.82) is 0 Å². The average Bonchev–Trinajstić information content (AvgIpc) is 2.92. The van der Waals surface area contributed by atoms with Crippen LogP contribution in [0.5, 0.6) is 11.5 Å². The molecule has 0 aliphatic heterocycles. The van der Waals surface area contributed by atoms with Crippen LogP contribution in [0.4, 0.5) is 0 Å². The number of ether oxygens (including phenoxy) is 2. The summed E-state index contributed by atoms with van der Waals surface area (Å²) in [5.74, 6) is 1.54. The molecule has 0 bridgehead atoms. The normalized spacial score (nSPS) is 10.6. The van der Waals surface area contributed by atoms with Crippen LogP contribution in [0, 0.1) is 6.92 Å². The Kier molecular flexibility index (Phi) is 8.08. The van der Waals surface area contributed by atoms with Gasteiger partial charge in [0.2, 0.25) is 0 Å². The lowest BCUT2D eigenvalue weighted by Gasteiger charge is -2.11. The summed E-state index contributed by atoms with van der Waals surface area (Å²) in [6.07, 6.45) is 2.90. The van der Waals surface area contributed by atoms with Crippen molar-refractivity contribution in [3.05, 3.63) is 41.2 Å². The van der Waals surface area contributed by atoms with Crippen LogP contribution in [-0.4, -0.2) is 30.5 Å². The third kappa shape index (κ3) is 4.89. The van der Waals surface area contributed by atoms with Gasteiger partial charge in [-0.15, -0.1) is 12.4 Å². The summed E-state index contributed by atoms with van der Waals surface area (Å²) in [7, 11) is 3.31. The Hall–Kier alpha value is -1.72. The molecule has 134 valence electrons. The number of nitrogens with zero attached hydrogens (tertiary/aromatic N) is 2. The van der Waals surface area contributed by atoms with E-state index in [0.717, 1.165) is 31.0 Å². The Morgan fingerprint density at radius 1 is 1.17 bits per heavy atom. The molecule has 1 aromatic carbocycles. The van der Waals surface area contributed by atoms with Crippen LogP contribution < -0.4 is 14.8 Å². The Balaban J connectivity index is 0.00000288. The maximum absolute atomic E-state index is 5.34. The highest BCUT2D eigenvalue weighted by molar-refractivity contribution is 5.85.